The first kappa shape index (κ1) is 13.1. The summed E-state index contributed by atoms with van der Waals surface area (Å²) >= 11 is 0. The number of methoxy groups -OCH3 is 1. The molecule has 1 heterocycles. The smallest absolute Gasteiger partial charge is 0.142 e. The van der Waals surface area contributed by atoms with Crippen molar-refractivity contribution in [2.45, 2.75) is 24.8 Å². The molecular weight excluding hydrogens is 231 g/mol. The number of benzene rings is 1. The summed E-state index contributed by atoms with van der Waals surface area (Å²) in [4.78, 5) is 2.24. The van der Waals surface area contributed by atoms with E-state index in [2.05, 4.69) is 4.90 Å². The number of halogens is 1. The number of hydrogen-bond donors (Lipinski definition) is 1. The van der Waals surface area contributed by atoms with Crippen LogP contribution in [0.3, 0.4) is 0 Å². The van der Waals surface area contributed by atoms with Crippen molar-refractivity contribution in [2.24, 2.45) is 5.73 Å². The van der Waals surface area contributed by atoms with Crippen molar-refractivity contribution in [2.75, 3.05) is 31.8 Å². The fourth-order valence-corrected chi connectivity index (χ4v) is 2.48. The minimum atomic E-state index is -0.642. The van der Waals surface area contributed by atoms with Crippen molar-refractivity contribution in [3.05, 3.63) is 24.3 Å². The molecule has 1 aromatic carbocycles. The lowest BCUT2D eigenvalue weighted by molar-refractivity contribution is 0.281. The van der Waals surface area contributed by atoms with Crippen molar-refractivity contribution >= 4 is 5.69 Å². The van der Waals surface area contributed by atoms with Gasteiger partial charge < -0.3 is 15.4 Å². The average molecular weight is 252 g/mol. The minimum Gasteiger partial charge on any atom is -0.495 e. The molecule has 0 radical (unpaired) electrons. The molecule has 4 heteroatoms. The molecule has 1 aromatic rings. The molecule has 3 nitrogen and oxygen atoms in total. The molecule has 0 aromatic heterocycles. The number of nitrogens with two attached hydrogens (primary N) is 1. The van der Waals surface area contributed by atoms with E-state index in [-0.39, 0.29) is 0 Å². The standard InChI is InChI=1S/C14H21FN2O/c1-18-13-6-3-2-5-12(13)17-9-4-7-14(16,11-15)8-10-17/h2-3,5-6H,4,7-11,16H2,1H3. The summed E-state index contributed by atoms with van der Waals surface area (Å²) in [6.07, 6.45) is 2.34. The lowest BCUT2D eigenvalue weighted by Gasteiger charge is -2.26. The molecule has 0 bridgehead atoms. The highest BCUT2D eigenvalue weighted by Gasteiger charge is 2.29. The van der Waals surface area contributed by atoms with E-state index in [1.54, 1.807) is 7.11 Å². The van der Waals surface area contributed by atoms with Crippen LogP contribution in [0, 0.1) is 0 Å². The first-order chi connectivity index (χ1) is 8.68. The second kappa shape index (κ2) is 5.57. The van der Waals surface area contributed by atoms with Gasteiger partial charge in [0, 0.05) is 18.6 Å². The largest absolute Gasteiger partial charge is 0.495 e. The molecule has 0 aliphatic carbocycles. The maximum Gasteiger partial charge on any atom is 0.142 e. The first-order valence-electron chi connectivity index (χ1n) is 6.41. The fraction of sp³-hybridized carbons (Fsp3) is 0.571. The molecule has 18 heavy (non-hydrogen) atoms. The average Bonchev–Trinajstić information content (AvgIpc) is 2.61. The van der Waals surface area contributed by atoms with Gasteiger partial charge in [-0.1, -0.05) is 12.1 Å². The molecule has 100 valence electrons. The normalized spacial score (nSPS) is 24.7. The van der Waals surface area contributed by atoms with E-state index in [9.17, 15) is 4.39 Å². The van der Waals surface area contributed by atoms with E-state index in [0.29, 0.717) is 6.42 Å². The summed E-state index contributed by atoms with van der Waals surface area (Å²) < 4.78 is 18.3. The van der Waals surface area contributed by atoms with Gasteiger partial charge in [0.25, 0.3) is 0 Å². The Kier molecular flexibility index (Phi) is 4.07. The third kappa shape index (κ3) is 2.75. The molecule has 1 aliphatic heterocycles. The van der Waals surface area contributed by atoms with Crippen LogP contribution < -0.4 is 15.4 Å². The van der Waals surface area contributed by atoms with E-state index >= 15 is 0 Å². The molecule has 2 rings (SSSR count). The number of rotatable bonds is 3. The Hall–Kier alpha value is -1.29. The Morgan fingerprint density at radius 1 is 1.33 bits per heavy atom. The fourth-order valence-electron chi connectivity index (χ4n) is 2.48. The van der Waals surface area contributed by atoms with Gasteiger partial charge in [-0.2, -0.15) is 0 Å². The molecule has 1 atom stereocenters. The molecule has 0 amide bonds. The van der Waals surface area contributed by atoms with Gasteiger partial charge in [0.1, 0.15) is 12.4 Å². The maximum absolute atomic E-state index is 13.0. The predicted molar refractivity (Wildman–Crippen MR) is 72.0 cm³/mol. The number of alkyl halides is 1. The van der Waals surface area contributed by atoms with Crippen LogP contribution >= 0.6 is 0 Å². The number of anilines is 1. The predicted octanol–water partition coefficient (Wildman–Crippen LogP) is 2.35. The van der Waals surface area contributed by atoms with Gasteiger partial charge in [0.15, 0.2) is 0 Å². The highest BCUT2D eigenvalue weighted by atomic mass is 19.1. The molecular formula is C14H21FN2O. The third-order valence-electron chi connectivity index (χ3n) is 3.67. The zero-order chi connectivity index (χ0) is 13.0. The van der Waals surface area contributed by atoms with Crippen LogP contribution in [0.25, 0.3) is 0 Å². The Morgan fingerprint density at radius 3 is 2.83 bits per heavy atom. The van der Waals surface area contributed by atoms with E-state index in [1.807, 2.05) is 24.3 Å². The Bertz CT molecular complexity index is 399. The summed E-state index contributed by atoms with van der Waals surface area (Å²) in [6.45, 7) is 1.24. The van der Waals surface area contributed by atoms with Gasteiger partial charge in [0.05, 0.1) is 12.8 Å². The van der Waals surface area contributed by atoms with E-state index < -0.39 is 12.2 Å². The summed E-state index contributed by atoms with van der Waals surface area (Å²) in [5, 5.41) is 0. The lowest BCUT2D eigenvalue weighted by atomic mass is 9.94. The number of ether oxygens (including phenoxy) is 1. The van der Waals surface area contributed by atoms with E-state index in [0.717, 1.165) is 37.4 Å². The van der Waals surface area contributed by atoms with Crippen LogP contribution in [0.2, 0.25) is 0 Å². The SMILES string of the molecule is COc1ccccc1N1CCCC(N)(CF)CC1. The van der Waals surface area contributed by atoms with Crippen LogP contribution in [-0.2, 0) is 0 Å². The number of nitrogens with zero attached hydrogens (tertiary/aromatic N) is 1. The van der Waals surface area contributed by atoms with Gasteiger partial charge in [-0.25, -0.2) is 4.39 Å². The van der Waals surface area contributed by atoms with Crippen LogP contribution in [0.5, 0.6) is 5.75 Å². The Morgan fingerprint density at radius 2 is 2.11 bits per heavy atom. The Balaban J connectivity index is 2.14. The lowest BCUT2D eigenvalue weighted by Crippen LogP contribution is -2.43. The monoisotopic (exact) mass is 252 g/mol. The summed E-state index contributed by atoms with van der Waals surface area (Å²) in [7, 11) is 1.67. The van der Waals surface area contributed by atoms with Crippen LogP contribution in [0.15, 0.2) is 24.3 Å². The van der Waals surface area contributed by atoms with Crippen molar-refractivity contribution in [3.63, 3.8) is 0 Å². The quantitative estimate of drug-likeness (QED) is 0.897. The van der Waals surface area contributed by atoms with Gasteiger partial charge in [0.2, 0.25) is 0 Å². The molecule has 1 unspecified atom stereocenters. The topological polar surface area (TPSA) is 38.5 Å². The zero-order valence-electron chi connectivity index (χ0n) is 10.9. The van der Waals surface area contributed by atoms with Crippen molar-refractivity contribution in [3.8, 4) is 5.75 Å². The highest BCUT2D eigenvalue weighted by molar-refractivity contribution is 5.58. The molecule has 1 fully saturated rings. The third-order valence-corrected chi connectivity index (χ3v) is 3.67. The second-order valence-electron chi connectivity index (χ2n) is 5.01. The molecule has 2 N–H and O–H groups in total. The van der Waals surface area contributed by atoms with E-state index in [1.165, 1.54) is 0 Å². The van der Waals surface area contributed by atoms with Crippen LogP contribution in [0.4, 0.5) is 10.1 Å². The van der Waals surface area contributed by atoms with Crippen molar-refractivity contribution in [1.29, 1.82) is 0 Å². The van der Waals surface area contributed by atoms with Crippen LogP contribution in [0.1, 0.15) is 19.3 Å². The first-order valence-corrected chi connectivity index (χ1v) is 6.41. The Labute approximate surface area is 108 Å². The molecule has 1 aliphatic rings. The minimum absolute atomic E-state index is 0.438. The number of para-hydroxylation sites is 2. The van der Waals surface area contributed by atoms with Crippen molar-refractivity contribution < 1.29 is 9.13 Å². The van der Waals surface area contributed by atoms with Gasteiger partial charge >= 0.3 is 0 Å². The molecule has 0 spiro atoms. The zero-order valence-corrected chi connectivity index (χ0v) is 10.9. The van der Waals surface area contributed by atoms with Crippen LogP contribution in [-0.4, -0.2) is 32.4 Å². The van der Waals surface area contributed by atoms with Crippen molar-refractivity contribution in [1.82, 2.24) is 0 Å². The number of hydrogen-bond acceptors (Lipinski definition) is 3. The maximum atomic E-state index is 13.0. The van der Waals surface area contributed by atoms with Gasteiger partial charge in [-0.3, -0.25) is 0 Å². The van der Waals surface area contributed by atoms with E-state index in [4.69, 9.17) is 10.5 Å². The summed E-state index contributed by atoms with van der Waals surface area (Å²) in [5.74, 6) is 0.863. The van der Waals surface area contributed by atoms with Gasteiger partial charge in [-0.15, -0.1) is 0 Å². The van der Waals surface area contributed by atoms with Gasteiger partial charge in [-0.05, 0) is 31.4 Å². The summed E-state index contributed by atoms with van der Waals surface area (Å²) in [5.41, 5.74) is 6.47. The molecule has 0 saturated carbocycles. The molecule has 1 saturated heterocycles. The second-order valence-corrected chi connectivity index (χ2v) is 5.01. The highest BCUT2D eigenvalue weighted by Crippen LogP contribution is 2.31. The summed E-state index contributed by atoms with van der Waals surface area (Å²) in [6, 6.07) is 7.94.